The fraction of sp³-hybridized carbons (Fsp3) is 0. The molecule has 0 aliphatic rings. The van der Waals surface area contributed by atoms with Gasteiger partial charge in [0.25, 0.3) is 23.0 Å². The molecule has 2 rings (SSSR count). The van der Waals surface area contributed by atoms with Crippen molar-refractivity contribution < 1.29 is 19.6 Å². The number of amides is 1. The molecule has 0 saturated heterocycles. The summed E-state index contributed by atoms with van der Waals surface area (Å²) in [4.78, 5) is 42.2. The number of anilines is 1. The number of benzene rings is 2. The van der Waals surface area contributed by atoms with E-state index in [0.717, 1.165) is 0 Å². The Hall–Kier alpha value is -3.41. The predicted molar refractivity (Wildman–Crippen MR) is 88.5 cm³/mol. The number of carbonyl (C=O) groups excluding carboxylic acids is 1. The van der Waals surface area contributed by atoms with Gasteiger partial charge < -0.3 is 5.32 Å². The Morgan fingerprint density at radius 2 is 1.36 bits per heavy atom. The van der Waals surface area contributed by atoms with Crippen LogP contribution < -0.4 is 5.32 Å². The number of non-ortho nitro benzene ring substituents is 1. The maximum absolute atomic E-state index is 12.3. The van der Waals surface area contributed by atoms with E-state index in [1.807, 2.05) is 0 Å². The quantitative estimate of drug-likeness (QED) is 0.583. The first-order valence-corrected chi connectivity index (χ1v) is 7.18. The molecule has 0 saturated carbocycles. The first-order chi connectivity index (χ1) is 11.7. The standard InChI is InChI=1S/C13H7BrN4O7/c14-7-1-3-8(4-2-7)15-13(19)12-10(17(22)23)5-9(16(20)21)6-11(12)18(24)25/h1-6H,(H,15,19). The number of halogens is 1. The summed E-state index contributed by atoms with van der Waals surface area (Å²) in [7, 11) is 0. The summed E-state index contributed by atoms with van der Waals surface area (Å²) in [5, 5.41) is 35.4. The van der Waals surface area contributed by atoms with Crippen molar-refractivity contribution in [2.24, 2.45) is 0 Å². The zero-order valence-corrected chi connectivity index (χ0v) is 13.6. The summed E-state index contributed by atoms with van der Waals surface area (Å²) in [6.07, 6.45) is 0. The molecule has 0 aliphatic carbocycles. The molecule has 0 spiro atoms. The molecule has 0 aromatic heterocycles. The van der Waals surface area contributed by atoms with Gasteiger partial charge in [-0.15, -0.1) is 0 Å². The summed E-state index contributed by atoms with van der Waals surface area (Å²) >= 11 is 3.18. The highest BCUT2D eigenvalue weighted by Crippen LogP contribution is 2.34. The molecule has 0 heterocycles. The maximum atomic E-state index is 12.3. The number of nitrogens with zero attached hydrogens (tertiary/aromatic N) is 3. The molecule has 0 aliphatic heterocycles. The molecule has 2 aromatic rings. The molecular formula is C13H7BrN4O7. The van der Waals surface area contributed by atoms with Crippen LogP contribution in [0, 0.1) is 30.3 Å². The zero-order chi connectivity index (χ0) is 18.7. The van der Waals surface area contributed by atoms with Crippen LogP contribution in [-0.4, -0.2) is 20.7 Å². The van der Waals surface area contributed by atoms with Gasteiger partial charge in [0.1, 0.15) is 0 Å². The molecule has 1 amide bonds. The Morgan fingerprint density at radius 3 is 1.76 bits per heavy atom. The van der Waals surface area contributed by atoms with Gasteiger partial charge in [0.2, 0.25) is 0 Å². The Bertz CT molecular complexity index is 863. The summed E-state index contributed by atoms with van der Waals surface area (Å²) in [6, 6.07) is 7.09. The smallest absolute Gasteiger partial charge is 0.296 e. The molecule has 11 nitrogen and oxygen atoms in total. The average molecular weight is 411 g/mol. The van der Waals surface area contributed by atoms with Crippen LogP contribution in [0.3, 0.4) is 0 Å². The van der Waals surface area contributed by atoms with Gasteiger partial charge in [-0.25, -0.2) is 0 Å². The fourth-order valence-corrected chi connectivity index (χ4v) is 2.21. The number of nitrogens with one attached hydrogen (secondary N) is 1. The van der Waals surface area contributed by atoms with Crippen molar-refractivity contribution in [3.05, 3.63) is 76.8 Å². The topological polar surface area (TPSA) is 159 Å². The van der Waals surface area contributed by atoms with Crippen LogP contribution in [-0.2, 0) is 0 Å². The van der Waals surface area contributed by atoms with E-state index in [1.165, 1.54) is 12.1 Å². The number of nitro groups is 3. The van der Waals surface area contributed by atoms with Gasteiger partial charge in [-0.1, -0.05) is 15.9 Å². The minimum absolute atomic E-state index is 0.232. The minimum Gasteiger partial charge on any atom is -0.322 e. The molecule has 0 atom stereocenters. The molecule has 0 unspecified atom stereocenters. The van der Waals surface area contributed by atoms with Crippen LogP contribution in [0.15, 0.2) is 40.9 Å². The summed E-state index contributed by atoms with van der Waals surface area (Å²) in [5.74, 6) is -1.13. The largest absolute Gasteiger partial charge is 0.322 e. The van der Waals surface area contributed by atoms with Gasteiger partial charge in [0.15, 0.2) is 5.56 Å². The monoisotopic (exact) mass is 410 g/mol. The average Bonchev–Trinajstić information content (AvgIpc) is 2.55. The summed E-state index contributed by atoms with van der Waals surface area (Å²) in [5.41, 5.74) is -3.57. The van der Waals surface area contributed by atoms with Gasteiger partial charge in [-0.3, -0.25) is 35.1 Å². The van der Waals surface area contributed by atoms with Crippen LogP contribution >= 0.6 is 15.9 Å². The highest BCUT2D eigenvalue weighted by atomic mass is 79.9. The van der Waals surface area contributed by atoms with E-state index < -0.39 is 43.3 Å². The van der Waals surface area contributed by atoms with Gasteiger partial charge in [0, 0.05) is 10.2 Å². The van der Waals surface area contributed by atoms with E-state index in [-0.39, 0.29) is 5.69 Å². The van der Waals surface area contributed by atoms with Gasteiger partial charge in [-0.2, -0.15) is 0 Å². The first-order valence-electron chi connectivity index (χ1n) is 6.39. The number of hydrogen-bond donors (Lipinski definition) is 1. The van der Waals surface area contributed by atoms with Crippen LogP contribution in [0.1, 0.15) is 10.4 Å². The SMILES string of the molecule is O=C(Nc1ccc(Br)cc1)c1c([N+](=O)[O-])cc([N+](=O)[O-])cc1[N+](=O)[O-]. The second-order valence-corrected chi connectivity index (χ2v) is 5.51. The third-order valence-electron chi connectivity index (χ3n) is 3.01. The lowest BCUT2D eigenvalue weighted by Crippen LogP contribution is -2.16. The minimum atomic E-state index is -1.13. The van der Waals surface area contributed by atoms with E-state index in [1.54, 1.807) is 12.1 Å². The molecule has 12 heteroatoms. The summed E-state index contributed by atoms with van der Waals surface area (Å²) < 4.78 is 0.706. The second kappa shape index (κ2) is 7.00. The van der Waals surface area contributed by atoms with Crippen LogP contribution in [0.4, 0.5) is 22.7 Å². The van der Waals surface area contributed by atoms with E-state index in [4.69, 9.17) is 0 Å². The van der Waals surface area contributed by atoms with Gasteiger partial charge in [0.05, 0.1) is 26.9 Å². The lowest BCUT2D eigenvalue weighted by Gasteiger charge is -2.07. The van der Waals surface area contributed by atoms with Gasteiger partial charge in [-0.05, 0) is 24.3 Å². The van der Waals surface area contributed by atoms with E-state index >= 15 is 0 Å². The Balaban J connectivity index is 2.58. The van der Waals surface area contributed by atoms with Crippen molar-refractivity contribution in [1.82, 2.24) is 0 Å². The van der Waals surface area contributed by atoms with E-state index in [0.29, 0.717) is 16.6 Å². The fourth-order valence-electron chi connectivity index (χ4n) is 1.95. The number of hydrogen-bond acceptors (Lipinski definition) is 7. The second-order valence-electron chi connectivity index (χ2n) is 4.59. The van der Waals surface area contributed by atoms with Gasteiger partial charge >= 0.3 is 0 Å². The highest BCUT2D eigenvalue weighted by Gasteiger charge is 2.34. The van der Waals surface area contributed by atoms with Crippen molar-refractivity contribution in [3.63, 3.8) is 0 Å². The summed E-state index contributed by atoms with van der Waals surface area (Å²) in [6.45, 7) is 0. The molecule has 2 aromatic carbocycles. The van der Waals surface area contributed by atoms with E-state index in [9.17, 15) is 35.1 Å². The predicted octanol–water partition coefficient (Wildman–Crippen LogP) is 3.43. The molecule has 0 fully saturated rings. The first kappa shape index (κ1) is 17.9. The molecule has 0 bridgehead atoms. The van der Waals surface area contributed by atoms with Crippen molar-refractivity contribution in [3.8, 4) is 0 Å². The van der Waals surface area contributed by atoms with Crippen molar-refractivity contribution >= 4 is 44.6 Å². The lowest BCUT2D eigenvalue weighted by molar-refractivity contribution is -0.403. The molecule has 25 heavy (non-hydrogen) atoms. The highest BCUT2D eigenvalue weighted by molar-refractivity contribution is 9.10. The van der Waals surface area contributed by atoms with Crippen molar-refractivity contribution in [1.29, 1.82) is 0 Å². The Morgan fingerprint density at radius 1 is 0.880 bits per heavy atom. The molecule has 128 valence electrons. The lowest BCUT2D eigenvalue weighted by atomic mass is 10.1. The molecule has 1 N–H and O–H groups in total. The zero-order valence-electron chi connectivity index (χ0n) is 12.0. The Kier molecular flexibility index (Phi) is 5.02. The van der Waals surface area contributed by atoms with Crippen molar-refractivity contribution in [2.75, 3.05) is 5.32 Å². The number of rotatable bonds is 5. The van der Waals surface area contributed by atoms with Crippen LogP contribution in [0.2, 0.25) is 0 Å². The third kappa shape index (κ3) is 3.92. The molecule has 0 radical (unpaired) electrons. The van der Waals surface area contributed by atoms with Crippen LogP contribution in [0.25, 0.3) is 0 Å². The number of carbonyl (C=O) groups is 1. The van der Waals surface area contributed by atoms with Crippen molar-refractivity contribution in [2.45, 2.75) is 0 Å². The number of nitro benzene ring substituents is 3. The van der Waals surface area contributed by atoms with E-state index in [2.05, 4.69) is 21.2 Å². The normalized spacial score (nSPS) is 10.1. The molecular weight excluding hydrogens is 404 g/mol. The Labute approximate surface area is 146 Å². The maximum Gasteiger partial charge on any atom is 0.296 e. The van der Waals surface area contributed by atoms with Crippen LogP contribution in [0.5, 0.6) is 0 Å². The third-order valence-corrected chi connectivity index (χ3v) is 3.54.